The third-order valence-electron chi connectivity index (χ3n) is 4.53. The third kappa shape index (κ3) is 3.70. The molecule has 0 fully saturated rings. The first-order chi connectivity index (χ1) is 13.5. The van der Waals surface area contributed by atoms with Crippen molar-refractivity contribution in [2.45, 2.75) is 17.5 Å². The summed E-state index contributed by atoms with van der Waals surface area (Å²) in [6.07, 6.45) is 0. The zero-order valence-corrected chi connectivity index (χ0v) is 17.3. The molecule has 144 valence electrons. The molecule has 2 aromatic carbocycles. The molecule has 0 N–H and O–H groups in total. The van der Waals surface area contributed by atoms with E-state index >= 15 is 0 Å². The maximum absolute atomic E-state index is 14.0. The van der Waals surface area contributed by atoms with Gasteiger partial charge < -0.3 is 4.90 Å². The summed E-state index contributed by atoms with van der Waals surface area (Å²) < 4.78 is 17.5. The summed E-state index contributed by atoms with van der Waals surface area (Å²) >= 11 is 2.89. The maximum Gasteiger partial charge on any atom is 0.272 e. The van der Waals surface area contributed by atoms with Gasteiger partial charge in [0.05, 0.1) is 5.52 Å². The second-order valence-electron chi connectivity index (χ2n) is 6.81. The van der Waals surface area contributed by atoms with Gasteiger partial charge in [-0.05, 0) is 31.8 Å². The maximum atomic E-state index is 14.0. The molecular formula is C21H20FN3OS2. The lowest BCUT2D eigenvalue weighted by Gasteiger charge is -2.15. The Morgan fingerprint density at radius 2 is 1.89 bits per heavy atom. The van der Waals surface area contributed by atoms with E-state index in [2.05, 4.69) is 0 Å². The first kappa shape index (κ1) is 19.1. The second-order valence-corrected chi connectivity index (χ2v) is 8.81. The van der Waals surface area contributed by atoms with Crippen LogP contribution >= 0.6 is 23.1 Å². The molecule has 2 aromatic heterocycles. The van der Waals surface area contributed by atoms with Gasteiger partial charge in [-0.1, -0.05) is 48.2 Å². The van der Waals surface area contributed by atoms with Gasteiger partial charge in [0.15, 0.2) is 5.16 Å². The molecule has 4 rings (SSSR count). The number of aromatic nitrogens is 2. The Balaban J connectivity index is 1.81. The van der Waals surface area contributed by atoms with E-state index in [0.717, 1.165) is 22.1 Å². The largest absolute Gasteiger partial charge is 0.308 e. The van der Waals surface area contributed by atoms with Crippen LogP contribution in [0, 0.1) is 5.82 Å². The molecule has 7 heteroatoms. The summed E-state index contributed by atoms with van der Waals surface area (Å²) in [6, 6.07) is 14.7. The molecule has 28 heavy (non-hydrogen) atoms. The van der Waals surface area contributed by atoms with Crippen molar-refractivity contribution < 1.29 is 4.39 Å². The SMILES string of the molecule is CN(C)CCn1c(SCc2ccccc2F)nc2c(sc3ccccc32)c1=O. The molecule has 4 nitrogen and oxygen atoms in total. The van der Waals surface area contributed by atoms with Gasteiger partial charge in [0.1, 0.15) is 10.5 Å². The third-order valence-corrected chi connectivity index (χ3v) is 6.71. The monoisotopic (exact) mass is 413 g/mol. The standard InChI is InChI=1S/C21H20FN3OS2/c1-24(2)11-12-25-20(26)19-18(15-8-4-6-10-17(15)28-19)23-21(25)27-13-14-7-3-5-9-16(14)22/h3-10H,11-13H2,1-2H3. The van der Waals surface area contributed by atoms with Gasteiger partial charge in [-0.2, -0.15) is 0 Å². The van der Waals surface area contributed by atoms with Gasteiger partial charge in [-0.25, -0.2) is 9.37 Å². The van der Waals surface area contributed by atoms with Crippen LogP contribution in [-0.2, 0) is 12.3 Å². The summed E-state index contributed by atoms with van der Waals surface area (Å²) in [6.45, 7) is 1.27. The second kappa shape index (κ2) is 8.03. The topological polar surface area (TPSA) is 38.1 Å². The Hall–Kier alpha value is -2.22. The van der Waals surface area contributed by atoms with Crippen molar-refractivity contribution in [2.75, 3.05) is 20.6 Å². The van der Waals surface area contributed by atoms with Crippen molar-refractivity contribution >= 4 is 43.4 Å². The first-order valence-electron chi connectivity index (χ1n) is 8.97. The number of fused-ring (bicyclic) bond motifs is 3. The lowest BCUT2D eigenvalue weighted by molar-refractivity contribution is 0.371. The Morgan fingerprint density at radius 3 is 2.68 bits per heavy atom. The Morgan fingerprint density at radius 1 is 1.14 bits per heavy atom. The van der Waals surface area contributed by atoms with Crippen LogP contribution in [0.25, 0.3) is 20.3 Å². The van der Waals surface area contributed by atoms with Crippen molar-refractivity contribution in [2.24, 2.45) is 0 Å². The van der Waals surface area contributed by atoms with E-state index in [0.29, 0.717) is 27.7 Å². The van der Waals surface area contributed by atoms with Crippen LogP contribution < -0.4 is 5.56 Å². The van der Waals surface area contributed by atoms with Crippen LogP contribution in [0.5, 0.6) is 0 Å². The van der Waals surface area contributed by atoms with Crippen LogP contribution in [0.3, 0.4) is 0 Å². The summed E-state index contributed by atoms with van der Waals surface area (Å²) in [5.74, 6) is 0.188. The molecule has 0 aliphatic rings. The van der Waals surface area contributed by atoms with E-state index in [4.69, 9.17) is 4.98 Å². The lowest BCUT2D eigenvalue weighted by Crippen LogP contribution is -2.28. The number of benzene rings is 2. The summed E-state index contributed by atoms with van der Waals surface area (Å²) in [4.78, 5) is 20.1. The average molecular weight is 414 g/mol. The van der Waals surface area contributed by atoms with Crippen LogP contribution in [0.4, 0.5) is 4.39 Å². The molecule has 0 radical (unpaired) electrons. The number of thioether (sulfide) groups is 1. The smallest absolute Gasteiger partial charge is 0.272 e. The van der Waals surface area contributed by atoms with E-state index in [1.165, 1.54) is 29.2 Å². The number of hydrogen-bond acceptors (Lipinski definition) is 5. The number of halogens is 1. The van der Waals surface area contributed by atoms with Gasteiger partial charge in [0.2, 0.25) is 0 Å². The molecule has 0 saturated carbocycles. The summed E-state index contributed by atoms with van der Waals surface area (Å²) in [7, 11) is 3.95. The fraction of sp³-hybridized carbons (Fsp3) is 0.238. The molecule has 0 atom stereocenters. The van der Waals surface area contributed by atoms with Crippen LogP contribution in [0.1, 0.15) is 5.56 Å². The molecular weight excluding hydrogens is 393 g/mol. The number of rotatable bonds is 6. The molecule has 2 heterocycles. The minimum atomic E-state index is -0.237. The van der Waals surface area contributed by atoms with Crippen molar-refractivity contribution in [1.29, 1.82) is 0 Å². The predicted molar refractivity (Wildman–Crippen MR) is 116 cm³/mol. The molecule has 0 amide bonds. The average Bonchev–Trinajstić information content (AvgIpc) is 3.06. The summed E-state index contributed by atoms with van der Waals surface area (Å²) in [5.41, 5.74) is 1.32. The van der Waals surface area contributed by atoms with Gasteiger partial charge in [-0.15, -0.1) is 11.3 Å². The minimum Gasteiger partial charge on any atom is -0.308 e. The van der Waals surface area contributed by atoms with Crippen molar-refractivity contribution in [3.05, 3.63) is 70.3 Å². The molecule has 0 bridgehead atoms. The van der Waals surface area contributed by atoms with Gasteiger partial charge in [0, 0.05) is 28.9 Å². The van der Waals surface area contributed by atoms with Gasteiger partial charge >= 0.3 is 0 Å². The first-order valence-corrected chi connectivity index (χ1v) is 10.8. The molecule has 0 aliphatic heterocycles. The van der Waals surface area contributed by atoms with Crippen LogP contribution in [0.15, 0.2) is 58.5 Å². The zero-order valence-electron chi connectivity index (χ0n) is 15.7. The zero-order chi connectivity index (χ0) is 19.7. The highest BCUT2D eigenvalue weighted by atomic mass is 32.2. The number of hydrogen-bond donors (Lipinski definition) is 0. The summed E-state index contributed by atoms with van der Waals surface area (Å²) in [5, 5.41) is 1.62. The van der Waals surface area contributed by atoms with Crippen molar-refractivity contribution in [3.8, 4) is 0 Å². The fourth-order valence-corrected chi connectivity index (χ4v) is 5.11. The molecule has 0 aliphatic carbocycles. The Kier molecular flexibility index (Phi) is 5.48. The fourth-order valence-electron chi connectivity index (χ4n) is 3.02. The lowest BCUT2D eigenvalue weighted by atomic mass is 10.2. The number of thiophene rings is 1. The van der Waals surface area contributed by atoms with Crippen LogP contribution in [-0.4, -0.2) is 35.1 Å². The highest BCUT2D eigenvalue weighted by Crippen LogP contribution is 2.32. The normalized spacial score (nSPS) is 11.7. The highest BCUT2D eigenvalue weighted by Gasteiger charge is 2.17. The van der Waals surface area contributed by atoms with E-state index in [-0.39, 0.29) is 11.4 Å². The van der Waals surface area contributed by atoms with Gasteiger partial charge in [-0.3, -0.25) is 9.36 Å². The van der Waals surface area contributed by atoms with Crippen molar-refractivity contribution in [1.82, 2.24) is 14.5 Å². The Bertz CT molecular complexity index is 1200. The molecule has 0 saturated heterocycles. The Labute approximate surface area is 170 Å². The van der Waals surface area contributed by atoms with Gasteiger partial charge in [0.25, 0.3) is 5.56 Å². The number of nitrogens with zero attached hydrogens (tertiary/aromatic N) is 3. The molecule has 0 spiro atoms. The van der Waals surface area contributed by atoms with Crippen LogP contribution in [0.2, 0.25) is 0 Å². The highest BCUT2D eigenvalue weighted by molar-refractivity contribution is 7.98. The quantitative estimate of drug-likeness (QED) is 0.342. The van der Waals surface area contributed by atoms with E-state index in [1.807, 2.05) is 49.3 Å². The predicted octanol–water partition coefficient (Wildman–Crippen LogP) is 4.60. The van der Waals surface area contributed by atoms with E-state index in [9.17, 15) is 9.18 Å². The van der Waals surface area contributed by atoms with E-state index in [1.54, 1.807) is 16.7 Å². The molecule has 4 aromatic rings. The molecule has 0 unspecified atom stereocenters. The van der Waals surface area contributed by atoms with E-state index < -0.39 is 0 Å². The number of likely N-dealkylation sites (N-methyl/N-ethyl adjacent to an activating group) is 1. The minimum absolute atomic E-state index is 0.0240. The van der Waals surface area contributed by atoms with Crippen molar-refractivity contribution in [3.63, 3.8) is 0 Å².